The summed E-state index contributed by atoms with van der Waals surface area (Å²) in [6.45, 7) is 5.58. The van der Waals surface area contributed by atoms with Crippen molar-refractivity contribution in [2.24, 2.45) is 0 Å². The Morgan fingerprint density at radius 2 is 2.00 bits per heavy atom. The number of sulfonamides is 1. The van der Waals surface area contributed by atoms with Crippen LogP contribution in [0.1, 0.15) is 18.9 Å². The fourth-order valence-electron chi connectivity index (χ4n) is 3.86. The van der Waals surface area contributed by atoms with Crippen LogP contribution in [-0.4, -0.2) is 45.1 Å². The number of hydrogen-bond donors (Lipinski definition) is 3. The largest absolute Gasteiger partial charge is 0.491 e. The summed E-state index contributed by atoms with van der Waals surface area (Å²) in [5.74, 6) is 0.756. The number of nitrogens with one attached hydrogen (secondary N) is 3. The average molecular weight is 453 g/mol. The minimum absolute atomic E-state index is 0.242. The molecule has 0 aliphatic heterocycles. The van der Waals surface area contributed by atoms with Crippen LogP contribution in [-0.2, 0) is 10.0 Å². The minimum Gasteiger partial charge on any atom is -0.491 e. The van der Waals surface area contributed by atoms with Crippen LogP contribution in [0.2, 0.25) is 0 Å². The van der Waals surface area contributed by atoms with Gasteiger partial charge in [0, 0.05) is 23.5 Å². The maximum absolute atomic E-state index is 12.6. The third-order valence-corrected chi connectivity index (χ3v) is 6.87. The zero-order valence-electron chi connectivity index (χ0n) is 18.5. The molecule has 0 radical (unpaired) electrons. The maximum Gasteiger partial charge on any atom is 0.240 e. The lowest BCUT2D eigenvalue weighted by Crippen LogP contribution is -2.23. The van der Waals surface area contributed by atoms with Crippen LogP contribution in [0.25, 0.3) is 33.1 Å². The molecule has 0 atom stereocenters. The highest BCUT2D eigenvalue weighted by Crippen LogP contribution is 2.39. The molecule has 0 saturated carbocycles. The summed E-state index contributed by atoms with van der Waals surface area (Å²) in [6, 6.07) is 13.0. The van der Waals surface area contributed by atoms with E-state index in [9.17, 15) is 8.42 Å². The number of aromatic amines is 1. The van der Waals surface area contributed by atoms with Crippen LogP contribution in [0.5, 0.6) is 5.75 Å². The van der Waals surface area contributed by atoms with Crippen molar-refractivity contribution in [1.29, 1.82) is 0 Å². The molecule has 0 unspecified atom stereocenters. The van der Waals surface area contributed by atoms with E-state index in [1.165, 1.54) is 0 Å². The van der Waals surface area contributed by atoms with E-state index in [1.807, 2.05) is 38.4 Å². The summed E-state index contributed by atoms with van der Waals surface area (Å²) in [4.78, 5) is 8.21. The van der Waals surface area contributed by atoms with Gasteiger partial charge in [-0.2, -0.15) is 0 Å². The molecule has 0 bridgehead atoms. The summed E-state index contributed by atoms with van der Waals surface area (Å²) in [5, 5.41) is 5.08. The van der Waals surface area contributed by atoms with E-state index in [4.69, 9.17) is 4.74 Å². The van der Waals surface area contributed by atoms with Crippen molar-refractivity contribution in [3.05, 3.63) is 54.2 Å². The van der Waals surface area contributed by atoms with Gasteiger partial charge in [0.1, 0.15) is 11.4 Å². The van der Waals surface area contributed by atoms with Crippen molar-refractivity contribution in [3.8, 4) is 16.9 Å². The molecule has 0 amide bonds. The van der Waals surface area contributed by atoms with Gasteiger partial charge in [0.05, 0.1) is 17.0 Å². The molecule has 3 N–H and O–H groups in total. The van der Waals surface area contributed by atoms with Crippen LogP contribution in [0.15, 0.2) is 53.6 Å². The number of nitrogens with zero attached hydrogens (tertiary/aromatic N) is 1. The van der Waals surface area contributed by atoms with E-state index in [1.54, 1.807) is 25.1 Å². The number of aryl methyl sites for hydroxylation is 1. The van der Waals surface area contributed by atoms with E-state index < -0.39 is 10.0 Å². The molecular formula is C24H28N4O3S. The normalized spacial score (nSPS) is 12.0. The number of ether oxygens (including phenoxy) is 1. The quantitative estimate of drug-likeness (QED) is 0.334. The highest BCUT2D eigenvalue weighted by molar-refractivity contribution is 7.89. The topological polar surface area (TPSA) is 96.1 Å². The van der Waals surface area contributed by atoms with Gasteiger partial charge in [-0.25, -0.2) is 18.1 Å². The Kier molecular flexibility index (Phi) is 6.45. The van der Waals surface area contributed by atoms with Crippen LogP contribution < -0.4 is 14.8 Å². The highest BCUT2D eigenvalue weighted by Gasteiger charge is 2.18. The van der Waals surface area contributed by atoms with Gasteiger partial charge in [-0.05, 0) is 74.0 Å². The lowest BCUT2D eigenvalue weighted by atomic mass is 9.99. The second kappa shape index (κ2) is 9.28. The Labute approximate surface area is 188 Å². The molecule has 0 fully saturated rings. The lowest BCUT2D eigenvalue weighted by molar-refractivity contribution is 0.313. The number of rotatable bonds is 9. The number of aromatic nitrogens is 2. The van der Waals surface area contributed by atoms with E-state index >= 15 is 0 Å². The summed E-state index contributed by atoms with van der Waals surface area (Å²) >= 11 is 0. The van der Waals surface area contributed by atoms with Crippen molar-refractivity contribution in [1.82, 2.24) is 20.0 Å². The highest BCUT2D eigenvalue weighted by atomic mass is 32.2. The molecule has 2 aromatic heterocycles. The molecule has 0 spiro atoms. The Morgan fingerprint density at radius 3 is 2.78 bits per heavy atom. The first-order valence-electron chi connectivity index (χ1n) is 10.7. The smallest absolute Gasteiger partial charge is 0.240 e. The zero-order valence-corrected chi connectivity index (χ0v) is 19.3. The number of H-pyrrole nitrogens is 1. The molecule has 4 rings (SSSR count). The first-order chi connectivity index (χ1) is 15.4. The van der Waals surface area contributed by atoms with Gasteiger partial charge in [-0.3, -0.25) is 0 Å². The molecule has 0 saturated heterocycles. The van der Waals surface area contributed by atoms with Crippen LogP contribution in [0.4, 0.5) is 0 Å². The predicted octanol–water partition coefficient (Wildman–Crippen LogP) is 3.98. The van der Waals surface area contributed by atoms with Crippen molar-refractivity contribution < 1.29 is 13.2 Å². The number of hydrogen-bond acceptors (Lipinski definition) is 5. The third-order valence-electron chi connectivity index (χ3n) is 5.32. The second-order valence-corrected chi connectivity index (χ2v) is 9.50. The van der Waals surface area contributed by atoms with E-state index in [0.29, 0.717) is 13.2 Å². The zero-order chi connectivity index (χ0) is 22.7. The fraction of sp³-hybridized carbons (Fsp3) is 0.292. The van der Waals surface area contributed by atoms with Crippen LogP contribution in [0.3, 0.4) is 0 Å². The summed E-state index contributed by atoms with van der Waals surface area (Å²) < 4.78 is 33.8. The Bertz CT molecular complexity index is 1360. The SMILES string of the molecule is CCNS(=O)(=O)c1cccc(-c2ccc(OCCCNC)c3[nH]c4ncc(C)cc4c23)c1. The van der Waals surface area contributed by atoms with E-state index in [2.05, 4.69) is 26.1 Å². The fourth-order valence-corrected chi connectivity index (χ4v) is 4.95. The molecule has 8 heteroatoms. The third kappa shape index (κ3) is 4.34. The van der Waals surface area contributed by atoms with Gasteiger partial charge in [0.25, 0.3) is 0 Å². The van der Waals surface area contributed by atoms with Gasteiger partial charge in [0.2, 0.25) is 10.0 Å². The predicted molar refractivity (Wildman–Crippen MR) is 129 cm³/mol. The lowest BCUT2D eigenvalue weighted by Gasteiger charge is -2.12. The van der Waals surface area contributed by atoms with E-state index in [0.717, 1.165) is 57.3 Å². The standard InChI is InChI=1S/C24H28N4O3S/c1-4-27-32(29,30)18-8-5-7-17(14-18)19-9-10-21(31-12-6-11-25-3)23-22(19)20-13-16(2)15-26-24(20)28-23/h5,7-10,13-15,25,27H,4,6,11-12H2,1-3H3,(H,26,28). The Balaban J connectivity index is 1.89. The maximum atomic E-state index is 12.6. The first-order valence-corrected chi connectivity index (χ1v) is 12.2. The summed E-state index contributed by atoms with van der Waals surface area (Å²) in [5.41, 5.74) is 4.43. The number of pyridine rings is 1. The molecule has 32 heavy (non-hydrogen) atoms. The molecule has 2 heterocycles. The number of fused-ring (bicyclic) bond motifs is 3. The minimum atomic E-state index is -3.56. The monoisotopic (exact) mass is 452 g/mol. The van der Waals surface area contributed by atoms with Gasteiger partial charge >= 0.3 is 0 Å². The Morgan fingerprint density at radius 1 is 1.16 bits per heavy atom. The van der Waals surface area contributed by atoms with Gasteiger partial charge in [-0.1, -0.05) is 19.1 Å². The molecule has 168 valence electrons. The molecule has 0 aliphatic rings. The summed E-state index contributed by atoms with van der Waals surface area (Å²) in [7, 11) is -1.64. The van der Waals surface area contributed by atoms with Gasteiger partial charge in [-0.15, -0.1) is 0 Å². The Hall–Kier alpha value is -2.94. The van der Waals surface area contributed by atoms with Crippen molar-refractivity contribution in [2.75, 3.05) is 26.7 Å². The molecule has 0 aliphatic carbocycles. The van der Waals surface area contributed by atoms with E-state index in [-0.39, 0.29) is 4.90 Å². The molecular weight excluding hydrogens is 424 g/mol. The average Bonchev–Trinajstić information content (AvgIpc) is 3.16. The summed E-state index contributed by atoms with van der Waals surface area (Å²) in [6.07, 6.45) is 2.72. The number of benzene rings is 2. The van der Waals surface area contributed by atoms with Crippen molar-refractivity contribution in [2.45, 2.75) is 25.2 Å². The van der Waals surface area contributed by atoms with Crippen molar-refractivity contribution in [3.63, 3.8) is 0 Å². The van der Waals surface area contributed by atoms with Crippen LogP contribution in [0, 0.1) is 6.92 Å². The molecule has 7 nitrogen and oxygen atoms in total. The molecule has 4 aromatic rings. The van der Waals surface area contributed by atoms with Crippen molar-refractivity contribution >= 4 is 32.0 Å². The molecule has 2 aromatic carbocycles. The van der Waals surface area contributed by atoms with Gasteiger partial charge < -0.3 is 15.0 Å². The van der Waals surface area contributed by atoms with Gasteiger partial charge in [0.15, 0.2) is 0 Å². The first kappa shape index (κ1) is 22.3. The van der Waals surface area contributed by atoms with Crippen LogP contribution >= 0.6 is 0 Å². The second-order valence-electron chi connectivity index (χ2n) is 7.73.